The highest BCUT2D eigenvalue weighted by atomic mass is 35.5. The van der Waals surface area contributed by atoms with Gasteiger partial charge in [-0.15, -0.1) is 0 Å². The molecule has 2 N–H and O–H groups in total. The molecule has 0 spiro atoms. The van der Waals surface area contributed by atoms with E-state index in [0.717, 1.165) is 6.08 Å². The molecule has 1 aliphatic heterocycles. The van der Waals surface area contributed by atoms with Crippen LogP contribution in [-0.2, 0) is 4.79 Å². The molecule has 0 fully saturated rings. The van der Waals surface area contributed by atoms with E-state index in [2.05, 4.69) is 5.32 Å². The minimum atomic E-state index is -4.83. The van der Waals surface area contributed by atoms with E-state index in [1.165, 1.54) is 12.1 Å². The summed E-state index contributed by atoms with van der Waals surface area (Å²) >= 11 is 6.08. The van der Waals surface area contributed by atoms with Crippen LogP contribution in [0.3, 0.4) is 0 Å². The highest BCUT2D eigenvalue weighted by molar-refractivity contribution is 6.33. The number of ether oxygens (including phenoxy) is 1. The largest absolute Gasteiger partial charge is 0.478 e. The first kappa shape index (κ1) is 17.5. The molecule has 0 bridgehead atoms. The number of anilines is 1. The standard InChI is InChI=1S/C15H15ClF3NO3/c1-7(2)6-20-11-5-12-8(4-10(11)16)3-9(14(21)22)13(23-12)15(17,18)19/h3-5,7,13,20H,6H2,1-2H3,(H,21,22). The first-order chi connectivity index (χ1) is 10.6. The molecule has 1 unspecified atom stereocenters. The van der Waals surface area contributed by atoms with Crippen molar-refractivity contribution in [2.45, 2.75) is 26.1 Å². The van der Waals surface area contributed by atoms with Crippen molar-refractivity contribution in [3.05, 3.63) is 28.3 Å². The van der Waals surface area contributed by atoms with E-state index in [1.54, 1.807) is 0 Å². The van der Waals surface area contributed by atoms with Crippen molar-refractivity contribution in [3.63, 3.8) is 0 Å². The molecule has 0 radical (unpaired) electrons. The second kappa shape index (κ2) is 6.31. The molecule has 0 aliphatic carbocycles. The number of nitrogens with one attached hydrogen (secondary N) is 1. The number of hydrogen-bond donors (Lipinski definition) is 2. The summed E-state index contributed by atoms with van der Waals surface area (Å²) in [5.41, 5.74) is -0.237. The molecule has 1 aromatic rings. The molecule has 1 heterocycles. The van der Waals surface area contributed by atoms with Gasteiger partial charge in [-0.2, -0.15) is 13.2 Å². The van der Waals surface area contributed by atoms with Crippen LogP contribution >= 0.6 is 11.6 Å². The monoisotopic (exact) mass is 349 g/mol. The number of alkyl halides is 3. The zero-order chi connectivity index (χ0) is 17.4. The lowest BCUT2D eigenvalue weighted by atomic mass is 10.0. The van der Waals surface area contributed by atoms with Gasteiger partial charge in [0.25, 0.3) is 0 Å². The Balaban J connectivity index is 2.43. The zero-order valence-corrected chi connectivity index (χ0v) is 13.1. The van der Waals surface area contributed by atoms with Crippen molar-refractivity contribution in [3.8, 4) is 5.75 Å². The minimum absolute atomic E-state index is 0.0621. The van der Waals surface area contributed by atoms with Gasteiger partial charge in [-0.25, -0.2) is 4.79 Å². The summed E-state index contributed by atoms with van der Waals surface area (Å²) in [6, 6.07) is 2.74. The van der Waals surface area contributed by atoms with Crippen molar-refractivity contribution in [2.75, 3.05) is 11.9 Å². The maximum Gasteiger partial charge on any atom is 0.430 e. The van der Waals surface area contributed by atoms with Gasteiger partial charge in [-0.1, -0.05) is 25.4 Å². The fourth-order valence-corrected chi connectivity index (χ4v) is 2.32. The summed E-state index contributed by atoms with van der Waals surface area (Å²) < 4.78 is 43.9. The molecule has 1 aliphatic rings. The molecular formula is C15H15ClF3NO3. The van der Waals surface area contributed by atoms with Gasteiger partial charge in [-0.05, 0) is 18.1 Å². The van der Waals surface area contributed by atoms with Gasteiger partial charge in [0, 0.05) is 18.2 Å². The molecular weight excluding hydrogens is 335 g/mol. The van der Waals surface area contributed by atoms with E-state index < -0.39 is 23.8 Å². The van der Waals surface area contributed by atoms with E-state index in [9.17, 15) is 18.0 Å². The zero-order valence-electron chi connectivity index (χ0n) is 12.4. The second-order valence-corrected chi connectivity index (χ2v) is 6.00. The predicted octanol–water partition coefficient (Wildman–Crippen LogP) is 4.20. The smallest absolute Gasteiger partial charge is 0.430 e. The summed E-state index contributed by atoms with van der Waals surface area (Å²) in [5, 5.41) is 12.3. The third-order valence-electron chi connectivity index (χ3n) is 3.18. The van der Waals surface area contributed by atoms with Crippen LogP contribution in [0.25, 0.3) is 6.08 Å². The van der Waals surface area contributed by atoms with Crippen LogP contribution in [0.4, 0.5) is 18.9 Å². The molecule has 0 saturated heterocycles. The number of rotatable bonds is 4. The average Bonchev–Trinajstić information content (AvgIpc) is 2.42. The van der Waals surface area contributed by atoms with Gasteiger partial charge in [0.1, 0.15) is 5.75 Å². The van der Waals surface area contributed by atoms with Gasteiger partial charge in [0.15, 0.2) is 0 Å². The highest BCUT2D eigenvalue weighted by Crippen LogP contribution is 2.40. The number of carbonyl (C=O) groups is 1. The molecule has 23 heavy (non-hydrogen) atoms. The van der Waals surface area contributed by atoms with Crippen LogP contribution in [0, 0.1) is 5.92 Å². The predicted molar refractivity (Wildman–Crippen MR) is 80.9 cm³/mol. The van der Waals surface area contributed by atoms with Crippen LogP contribution in [0.1, 0.15) is 19.4 Å². The number of benzene rings is 1. The molecule has 2 rings (SSSR count). The lowest BCUT2D eigenvalue weighted by Gasteiger charge is -2.27. The maximum atomic E-state index is 13.0. The number of fused-ring (bicyclic) bond motifs is 1. The molecule has 0 amide bonds. The Labute approximate surface area is 135 Å². The van der Waals surface area contributed by atoms with Gasteiger partial charge >= 0.3 is 12.1 Å². The van der Waals surface area contributed by atoms with Gasteiger partial charge < -0.3 is 15.2 Å². The lowest BCUT2D eigenvalue weighted by molar-refractivity contribution is -0.187. The van der Waals surface area contributed by atoms with Gasteiger partial charge in [0.05, 0.1) is 16.3 Å². The number of carboxylic acid groups (broad SMARTS) is 1. The molecule has 1 aromatic carbocycles. The number of carboxylic acids is 1. The number of halogens is 4. The summed E-state index contributed by atoms with van der Waals surface area (Å²) in [4.78, 5) is 11.1. The summed E-state index contributed by atoms with van der Waals surface area (Å²) in [7, 11) is 0. The van der Waals surface area contributed by atoms with Crippen molar-refractivity contribution in [2.24, 2.45) is 5.92 Å². The fraction of sp³-hybridized carbons (Fsp3) is 0.400. The number of hydrogen-bond acceptors (Lipinski definition) is 3. The average molecular weight is 350 g/mol. The SMILES string of the molecule is CC(C)CNc1cc2c(cc1Cl)C=C(C(=O)O)C(C(F)(F)F)O2. The minimum Gasteiger partial charge on any atom is -0.478 e. The lowest BCUT2D eigenvalue weighted by Crippen LogP contribution is -2.40. The molecule has 4 nitrogen and oxygen atoms in total. The Bertz CT molecular complexity index is 656. The van der Waals surface area contributed by atoms with Crippen molar-refractivity contribution >= 4 is 29.3 Å². The van der Waals surface area contributed by atoms with E-state index in [0.29, 0.717) is 18.2 Å². The molecule has 0 saturated carbocycles. The van der Waals surface area contributed by atoms with Gasteiger partial charge in [0.2, 0.25) is 6.10 Å². The quantitative estimate of drug-likeness (QED) is 0.855. The van der Waals surface area contributed by atoms with Crippen LogP contribution in [-0.4, -0.2) is 29.9 Å². The highest BCUT2D eigenvalue weighted by Gasteiger charge is 2.48. The summed E-state index contributed by atoms with van der Waals surface area (Å²) in [5.74, 6) is -1.44. The Hall–Kier alpha value is -1.89. The van der Waals surface area contributed by atoms with Gasteiger partial charge in [-0.3, -0.25) is 0 Å². The summed E-state index contributed by atoms with van der Waals surface area (Å²) in [6.45, 7) is 4.52. The second-order valence-electron chi connectivity index (χ2n) is 5.59. The van der Waals surface area contributed by atoms with E-state index in [1.807, 2.05) is 13.8 Å². The van der Waals surface area contributed by atoms with Crippen LogP contribution < -0.4 is 10.1 Å². The Kier molecular flexibility index (Phi) is 4.79. The van der Waals surface area contributed by atoms with E-state index in [4.69, 9.17) is 21.4 Å². The number of aliphatic carboxylic acids is 1. The first-order valence-corrected chi connectivity index (χ1v) is 7.23. The van der Waals surface area contributed by atoms with Crippen molar-refractivity contribution in [1.82, 2.24) is 0 Å². The van der Waals surface area contributed by atoms with E-state index >= 15 is 0 Å². The Morgan fingerprint density at radius 2 is 2.09 bits per heavy atom. The van der Waals surface area contributed by atoms with Crippen molar-refractivity contribution < 1.29 is 27.8 Å². The summed E-state index contributed by atoms with van der Waals surface area (Å²) in [6.07, 6.45) is -6.39. The molecule has 126 valence electrons. The normalized spacial score (nSPS) is 17.3. The van der Waals surface area contributed by atoms with E-state index in [-0.39, 0.29) is 16.3 Å². The third kappa shape index (κ3) is 3.90. The van der Waals surface area contributed by atoms with Crippen LogP contribution in [0.2, 0.25) is 5.02 Å². The molecule has 8 heteroatoms. The Morgan fingerprint density at radius 1 is 1.43 bits per heavy atom. The third-order valence-corrected chi connectivity index (χ3v) is 3.50. The van der Waals surface area contributed by atoms with Crippen molar-refractivity contribution in [1.29, 1.82) is 0 Å². The molecule has 1 atom stereocenters. The topological polar surface area (TPSA) is 58.6 Å². The fourth-order valence-electron chi connectivity index (χ4n) is 2.08. The van der Waals surface area contributed by atoms with Crippen LogP contribution in [0.15, 0.2) is 17.7 Å². The molecule has 0 aromatic heterocycles. The Morgan fingerprint density at radius 3 is 2.61 bits per heavy atom. The first-order valence-electron chi connectivity index (χ1n) is 6.85. The van der Waals surface area contributed by atoms with Crippen LogP contribution in [0.5, 0.6) is 5.75 Å². The maximum absolute atomic E-state index is 13.0.